The number of aliphatic hydroxyl groups is 1. The van der Waals surface area contributed by atoms with E-state index in [-0.39, 0.29) is 17.9 Å². The molecule has 0 aliphatic heterocycles. The highest BCUT2D eigenvalue weighted by atomic mass is 16.5. The van der Waals surface area contributed by atoms with Gasteiger partial charge < -0.3 is 25.2 Å². The number of rotatable bonds is 5. The van der Waals surface area contributed by atoms with Crippen LogP contribution in [0.25, 0.3) is 0 Å². The van der Waals surface area contributed by atoms with Gasteiger partial charge in [0.2, 0.25) is 0 Å². The Morgan fingerprint density at radius 1 is 1.38 bits per heavy atom. The quantitative estimate of drug-likeness (QED) is 0.767. The molecule has 0 heterocycles. The van der Waals surface area contributed by atoms with Gasteiger partial charge in [-0.1, -0.05) is 0 Å². The first kappa shape index (κ1) is 16.8. The van der Waals surface area contributed by atoms with Crippen LogP contribution in [0.4, 0.5) is 10.5 Å². The van der Waals surface area contributed by atoms with E-state index in [9.17, 15) is 14.7 Å². The van der Waals surface area contributed by atoms with Crippen molar-refractivity contribution in [3.63, 3.8) is 0 Å². The Kier molecular flexibility index (Phi) is 5.15. The van der Waals surface area contributed by atoms with Crippen LogP contribution in [-0.2, 0) is 0 Å². The topological polar surface area (TPSA) is 99.1 Å². The van der Waals surface area contributed by atoms with Gasteiger partial charge in [0.05, 0.1) is 19.3 Å². The second-order valence-corrected chi connectivity index (χ2v) is 5.32. The molecule has 0 saturated heterocycles. The van der Waals surface area contributed by atoms with Crippen molar-refractivity contribution >= 4 is 17.7 Å². The highest BCUT2D eigenvalue weighted by molar-refractivity contribution is 5.94. The van der Waals surface area contributed by atoms with Gasteiger partial charge in [-0.05, 0) is 26.0 Å². The van der Waals surface area contributed by atoms with Crippen LogP contribution in [-0.4, -0.2) is 53.4 Å². The Balaban J connectivity index is 2.84. The molecule has 0 aliphatic carbocycles. The number of carbonyl (C=O) groups is 2. The van der Waals surface area contributed by atoms with E-state index in [0.717, 1.165) is 0 Å². The molecule has 1 aromatic carbocycles. The van der Waals surface area contributed by atoms with E-state index in [2.05, 4.69) is 5.32 Å². The Hall–Kier alpha value is -2.28. The highest BCUT2D eigenvalue weighted by Gasteiger charge is 2.20. The maximum Gasteiger partial charge on any atom is 0.339 e. The van der Waals surface area contributed by atoms with E-state index < -0.39 is 17.6 Å². The first-order chi connectivity index (χ1) is 9.64. The zero-order valence-corrected chi connectivity index (χ0v) is 12.5. The van der Waals surface area contributed by atoms with Crippen molar-refractivity contribution in [2.45, 2.75) is 19.4 Å². The summed E-state index contributed by atoms with van der Waals surface area (Å²) in [5.74, 6) is -0.950. The van der Waals surface area contributed by atoms with Gasteiger partial charge in [-0.2, -0.15) is 0 Å². The minimum atomic E-state index is -1.11. The molecule has 0 bridgehead atoms. The summed E-state index contributed by atoms with van der Waals surface area (Å²) in [5, 5.41) is 21.3. The van der Waals surface area contributed by atoms with Crippen LogP contribution >= 0.6 is 0 Å². The van der Waals surface area contributed by atoms with Crippen LogP contribution in [0.15, 0.2) is 18.2 Å². The number of carboxylic acids is 1. The van der Waals surface area contributed by atoms with E-state index in [4.69, 9.17) is 9.84 Å². The highest BCUT2D eigenvalue weighted by Crippen LogP contribution is 2.23. The number of aromatic carboxylic acids is 1. The first-order valence-corrected chi connectivity index (χ1v) is 6.30. The molecule has 1 rings (SSSR count). The van der Waals surface area contributed by atoms with Crippen molar-refractivity contribution in [1.29, 1.82) is 0 Å². The van der Waals surface area contributed by atoms with E-state index in [1.165, 1.54) is 30.2 Å². The average Bonchev–Trinajstić information content (AvgIpc) is 2.36. The predicted molar refractivity (Wildman–Crippen MR) is 77.9 cm³/mol. The fourth-order valence-corrected chi connectivity index (χ4v) is 1.82. The molecule has 1 aromatic rings. The van der Waals surface area contributed by atoms with Gasteiger partial charge in [0.1, 0.15) is 11.3 Å². The van der Waals surface area contributed by atoms with Crippen LogP contribution < -0.4 is 10.1 Å². The van der Waals surface area contributed by atoms with Gasteiger partial charge in [0.25, 0.3) is 0 Å². The van der Waals surface area contributed by atoms with E-state index >= 15 is 0 Å². The molecular formula is C14H20N2O5. The zero-order valence-electron chi connectivity index (χ0n) is 12.5. The summed E-state index contributed by atoms with van der Waals surface area (Å²) in [7, 11) is 2.91. The minimum absolute atomic E-state index is 0.0142. The van der Waals surface area contributed by atoms with E-state index in [0.29, 0.717) is 5.69 Å². The Labute approximate surface area is 123 Å². The second kappa shape index (κ2) is 6.45. The third-order valence-electron chi connectivity index (χ3n) is 2.65. The SMILES string of the molecule is COc1cc(NC(=O)N(C)CC(C)(C)O)ccc1C(=O)O. The molecule has 0 aliphatic rings. The van der Waals surface area contributed by atoms with Crippen molar-refractivity contribution < 1.29 is 24.5 Å². The number of carbonyl (C=O) groups excluding carboxylic acids is 1. The minimum Gasteiger partial charge on any atom is -0.496 e. The van der Waals surface area contributed by atoms with Crippen LogP contribution in [0.5, 0.6) is 5.75 Å². The molecule has 0 atom stereocenters. The van der Waals surface area contributed by atoms with Gasteiger partial charge in [-0.15, -0.1) is 0 Å². The number of carboxylic acid groups (broad SMARTS) is 1. The van der Waals surface area contributed by atoms with Crippen LogP contribution in [0.3, 0.4) is 0 Å². The number of anilines is 1. The molecule has 0 fully saturated rings. The lowest BCUT2D eigenvalue weighted by Crippen LogP contribution is -2.41. The summed E-state index contributed by atoms with van der Waals surface area (Å²) in [5.41, 5.74) is -0.582. The Morgan fingerprint density at radius 2 is 2.00 bits per heavy atom. The standard InChI is InChI=1S/C14H20N2O5/c1-14(2,20)8-16(3)13(19)15-9-5-6-10(12(17)18)11(7-9)21-4/h5-7,20H,8H2,1-4H3,(H,15,19)(H,17,18). The van der Waals surface area contributed by atoms with Crippen molar-refractivity contribution in [2.75, 3.05) is 26.0 Å². The van der Waals surface area contributed by atoms with Gasteiger partial charge >= 0.3 is 12.0 Å². The predicted octanol–water partition coefficient (Wildman–Crippen LogP) is 1.63. The lowest BCUT2D eigenvalue weighted by atomic mass is 10.1. The third kappa shape index (κ3) is 4.96. The van der Waals surface area contributed by atoms with Crippen LogP contribution in [0, 0.1) is 0 Å². The summed E-state index contributed by atoms with van der Waals surface area (Å²) in [6, 6.07) is 3.84. The number of nitrogens with zero attached hydrogens (tertiary/aromatic N) is 1. The molecular weight excluding hydrogens is 276 g/mol. The number of amides is 2. The number of methoxy groups -OCH3 is 1. The van der Waals surface area contributed by atoms with Crippen LogP contribution in [0.2, 0.25) is 0 Å². The second-order valence-electron chi connectivity index (χ2n) is 5.32. The van der Waals surface area contributed by atoms with Gasteiger partial charge in [-0.25, -0.2) is 9.59 Å². The maximum absolute atomic E-state index is 12.0. The summed E-state index contributed by atoms with van der Waals surface area (Å²) in [4.78, 5) is 24.3. The number of urea groups is 1. The van der Waals surface area contributed by atoms with Crippen molar-refractivity contribution in [1.82, 2.24) is 4.90 Å². The molecule has 0 spiro atoms. The summed E-state index contributed by atoms with van der Waals surface area (Å²) in [6.45, 7) is 3.35. The van der Waals surface area contributed by atoms with Gasteiger partial charge in [-0.3, -0.25) is 0 Å². The molecule has 0 aromatic heterocycles. The summed E-state index contributed by atoms with van der Waals surface area (Å²) < 4.78 is 4.98. The molecule has 116 valence electrons. The summed E-state index contributed by atoms with van der Waals surface area (Å²) in [6.07, 6.45) is 0. The molecule has 2 amide bonds. The molecule has 0 unspecified atom stereocenters. The number of hydrogen-bond acceptors (Lipinski definition) is 4. The molecule has 0 saturated carbocycles. The van der Waals surface area contributed by atoms with Gasteiger partial charge in [0, 0.05) is 18.8 Å². The number of ether oxygens (including phenoxy) is 1. The fourth-order valence-electron chi connectivity index (χ4n) is 1.82. The van der Waals surface area contributed by atoms with E-state index in [1.807, 2.05) is 0 Å². The maximum atomic E-state index is 12.0. The zero-order chi connectivity index (χ0) is 16.2. The molecule has 7 heteroatoms. The summed E-state index contributed by atoms with van der Waals surface area (Å²) >= 11 is 0. The fraction of sp³-hybridized carbons (Fsp3) is 0.429. The third-order valence-corrected chi connectivity index (χ3v) is 2.65. The number of benzene rings is 1. The largest absolute Gasteiger partial charge is 0.496 e. The lowest BCUT2D eigenvalue weighted by Gasteiger charge is -2.25. The first-order valence-electron chi connectivity index (χ1n) is 6.30. The van der Waals surface area contributed by atoms with Crippen molar-refractivity contribution in [2.24, 2.45) is 0 Å². The molecule has 0 radical (unpaired) electrons. The number of hydrogen-bond donors (Lipinski definition) is 3. The molecule has 21 heavy (non-hydrogen) atoms. The Morgan fingerprint density at radius 3 is 2.48 bits per heavy atom. The molecule has 7 nitrogen and oxygen atoms in total. The Bertz CT molecular complexity index is 537. The smallest absolute Gasteiger partial charge is 0.339 e. The normalized spacial score (nSPS) is 10.9. The van der Waals surface area contributed by atoms with Crippen LogP contribution in [0.1, 0.15) is 24.2 Å². The van der Waals surface area contributed by atoms with Gasteiger partial charge in [0.15, 0.2) is 0 Å². The molecule has 3 N–H and O–H groups in total. The van der Waals surface area contributed by atoms with Crippen molar-refractivity contribution in [3.05, 3.63) is 23.8 Å². The monoisotopic (exact) mass is 296 g/mol. The number of nitrogens with one attached hydrogen (secondary N) is 1. The van der Waals surface area contributed by atoms with E-state index in [1.54, 1.807) is 20.9 Å². The number of likely N-dealkylation sites (N-methyl/N-ethyl adjacent to an activating group) is 1. The average molecular weight is 296 g/mol. The lowest BCUT2D eigenvalue weighted by molar-refractivity contribution is 0.0550. The van der Waals surface area contributed by atoms with Crippen molar-refractivity contribution in [3.8, 4) is 5.75 Å².